The molecule has 1 aromatic carbocycles. The molecule has 0 aliphatic carbocycles. The highest BCUT2D eigenvalue weighted by atomic mass is 79.9. The zero-order valence-electron chi connectivity index (χ0n) is 10.8. The number of nitrogens with zero attached hydrogens (tertiary/aromatic N) is 1. The molecule has 0 unspecified atom stereocenters. The van der Waals surface area contributed by atoms with Gasteiger partial charge in [-0.15, -0.1) is 0 Å². The second-order valence-electron chi connectivity index (χ2n) is 4.16. The van der Waals surface area contributed by atoms with E-state index < -0.39 is 0 Å². The Balaban J connectivity index is 2.91. The molecule has 18 heavy (non-hydrogen) atoms. The minimum Gasteiger partial charge on any atom is -0.335 e. The van der Waals surface area contributed by atoms with Gasteiger partial charge in [-0.3, -0.25) is 4.79 Å². The van der Waals surface area contributed by atoms with Crippen molar-refractivity contribution in [2.75, 3.05) is 11.9 Å². The summed E-state index contributed by atoms with van der Waals surface area (Å²) >= 11 is 6.81. The van der Waals surface area contributed by atoms with Crippen LogP contribution in [0, 0.1) is 0 Å². The van der Waals surface area contributed by atoms with Crippen LogP contribution in [0.3, 0.4) is 0 Å². The number of carbonyl (C=O) groups excluding carboxylic acids is 1. The van der Waals surface area contributed by atoms with Gasteiger partial charge in [-0.05, 0) is 37.1 Å². The van der Waals surface area contributed by atoms with Crippen LogP contribution < -0.4 is 0 Å². The number of hydrogen-bond donors (Lipinski definition) is 0. The molecule has 0 fully saturated rings. The van der Waals surface area contributed by atoms with Gasteiger partial charge in [-0.25, -0.2) is 0 Å². The van der Waals surface area contributed by atoms with Crippen molar-refractivity contribution in [1.29, 1.82) is 0 Å². The van der Waals surface area contributed by atoms with Crippen LogP contribution in [0.5, 0.6) is 0 Å². The molecule has 0 aliphatic heterocycles. The molecule has 0 aliphatic rings. The maximum atomic E-state index is 12.5. The summed E-state index contributed by atoms with van der Waals surface area (Å²) in [6.45, 7) is 5.01. The number of hydrogen-bond acceptors (Lipinski definition) is 1. The van der Waals surface area contributed by atoms with Crippen LogP contribution >= 0.6 is 31.9 Å². The van der Waals surface area contributed by atoms with Gasteiger partial charge in [0.2, 0.25) is 0 Å². The second kappa shape index (κ2) is 7.95. The largest absolute Gasteiger partial charge is 0.335 e. The Kier molecular flexibility index (Phi) is 6.94. The van der Waals surface area contributed by atoms with Gasteiger partial charge in [0.05, 0.1) is 0 Å². The molecule has 0 saturated carbocycles. The lowest BCUT2D eigenvalue weighted by Gasteiger charge is -2.30. The van der Waals surface area contributed by atoms with Crippen molar-refractivity contribution in [3.8, 4) is 0 Å². The monoisotopic (exact) mass is 375 g/mol. The van der Waals surface area contributed by atoms with Crippen molar-refractivity contribution in [1.82, 2.24) is 4.90 Å². The first kappa shape index (κ1) is 15.7. The summed E-state index contributed by atoms with van der Waals surface area (Å²) in [4.78, 5) is 14.5. The number of alkyl halides is 1. The minimum absolute atomic E-state index is 0.121. The minimum atomic E-state index is 0.121. The fraction of sp³-hybridized carbons (Fsp3) is 0.500. The van der Waals surface area contributed by atoms with Gasteiger partial charge in [-0.1, -0.05) is 45.7 Å². The lowest BCUT2D eigenvalue weighted by molar-refractivity contribution is 0.0683. The molecular weight excluding hydrogens is 358 g/mol. The molecule has 4 heteroatoms. The quantitative estimate of drug-likeness (QED) is 0.670. The van der Waals surface area contributed by atoms with Gasteiger partial charge in [-0.2, -0.15) is 0 Å². The molecule has 1 aromatic rings. The average molecular weight is 377 g/mol. The van der Waals surface area contributed by atoms with E-state index in [4.69, 9.17) is 0 Å². The number of halogens is 2. The highest BCUT2D eigenvalue weighted by Gasteiger charge is 2.21. The zero-order chi connectivity index (χ0) is 13.5. The number of benzene rings is 1. The fourth-order valence-corrected chi connectivity index (χ4v) is 2.68. The predicted octanol–water partition coefficient (Wildman–Crippen LogP) is 4.47. The smallest absolute Gasteiger partial charge is 0.254 e. The maximum absolute atomic E-state index is 12.5. The summed E-state index contributed by atoms with van der Waals surface area (Å²) in [7, 11) is 0. The van der Waals surface area contributed by atoms with Crippen LogP contribution in [-0.2, 0) is 0 Å². The molecule has 0 spiro atoms. The van der Waals surface area contributed by atoms with E-state index in [2.05, 4.69) is 45.7 Å². The van der Waals surface area contributed by atoms with Crippen LogP contribution in [0.25, 0.3) is 0 Å². The van der Waals surface area contributed by atoms with Crippen LogP contribution in [0.1, 0.15) is 37.0 Å². The summed E-state index contributed by atoms with van der Waals surface area (Å²) in [6.07, 6.45) is 1.98. The van der Waals surface area contributed by atoms with E-state index in [9.17, 15) is 4.79 Å². The van der Waals surface area contributed by atoms with E-state index in [1.54, 1.807) is 0 Å². The second-order valence-corrected chi connectivity index (χ2v) is 5.87. The summed E-state index contributed by atoms with van der Waals surface area (Å²) in [5.41, 5.74) is 0.756. The van der Waals surface area contributed by atoms with Crippen molar-refractivity contribution in [2.24, 2.45) is 0 Å². The van der Waals surface area contributed by atoms with E-state index >= 15 is 0 Å². The van der Waals surface area contributed by atoms with E-state index in [0.29, 0.717) is 6.04 Å². The molecule has 2 nitrogen and oxygen atoms in total. The Morgan fingerprint density at radius 1 is 1.22 bits per heavy atom. The van der Waals surface area contributed by atoms with E-state index in [-0.39, 0.29) is 5.91 Å². The van der Waals surface area contributed by atoms with Gasteiger partial charge < -0.3 is 4.90 Å². The Labute approximate surface area is 126 Å². The Hall–Kier alpha value is -0.350. The highest BCUT2D eigenvalue weighted by Crippen LogP contribution is 2.16. The van der Waals surface area contributed by atoms with Crippen LogP contribution in [0.2, 0.25) is 0 Å². The maximum Gasteiger partial charge on any atom is 0.254 e. The third kappa shape index (κ3) is 4.09. The van der Waals surface area contributed by atoms with Crippen molar-refractivity contribution in [3.05, 3.63) is 34.3 Å². The lowest BCUT2D eigenvalue weighted by Crippen LogP contribution is -2.41. The lowest BCUT2D eigenvalue weighted by atomic mass is 10.1. The number of carbonyl (C=O) groups is 1. The number of amides is 1. The van der Waals surface area contributed by atoms with E-state index in [0.717, 1.165) is 34.8 Å². The zero-order valence-corrected chi connectivity index (χ0v) is 14.0. The first-order valence-electron chi connectivity index (χ1n) is 6.26. The molecule has 1 amide bonds. The molecule has 0 saturated heterocycles. The summed E-state index contributed by atoms with van der Waals surface area (Å²) in [5, 5.41) is 0.811. The molecule has 1 rings (SSSR count). The van der Waals surface area contributed by atoms with Gasteiger partial charge in [0.25, 0.3) is 5.91 Å². The molecule has 0 N–H and O–H groups in total. The Morgan fingerprint density at radius 2 is 1.78 bits per heavy atom. The van der Waals surface area contributed by atoms with Gasteiger partial charge in [0.15, 0.2) is 0 Å². The van der Waals surface area contributed by atoms with Gasteiger partial charge in [0.1, 0.15) is 0 Å². The Morgan fingerprint density at radius 3 is 2.22 bits per heavy atom. The van der Waals surface area contributed by atoms with E-state index in [1.165, 1.54) is 0 Å². The third-order valence-electron chi connectivity index (χ3n) is 3.06. The molecule has 0 atom stereocenters. The van der Waals surface area contributed by atoms with Crippen LogP contribution in [0.15, 0.2) is 28.7 Å². The average Bonchev–Trinajstić information content (AvgIpc) is 2.39. The fourth-order valence-electron chi connectivity index (χ4n) is 2.03. The Bertz CT molecular complexity index is 374. The molecule has 100 valence electrons. The van der Waals surface area contributed by atoms with Gasteiger partial charge in [0, 0.05) is 28.0 Å². The highest BCUT2D eigenvalue weighted by molar-refractivity contribution is 9.10. The van der Waals surface area contributed by atoms with E-state index in [1.807, 2.05) is 29.2 Å². The molecule has 0 bridgehead atoms. The van der Waals surface area contributed by atoms with Crippen molar-refractivity contribution >= 4 is 37.8 Å². The van der Waals surface area contributed by atoms with Crippen LogP contribution in [0.4, 0.5) is 0 Å². The first-order valence-corrected chi connectivity index (χ1v) is 8.17. The normalized spacial score (nSPS) is 10.7. The summed E-state index contributed by atoms with van der Waals surface area (Å²) in [5.74, 6) is 0.121. The van der Waals surface area contributed by atoms with Crippen molar-refractivity contribution < 1.29 is 4.79 Å². The number of rotatable bonds is 6. The van der Waals surface area contributed by atoms with Crippen molar-refractivity contribution in [2.45, 2.75) is 32.7 Å². The third-order valence-corrected chi connectivity index (χ3v) is 3.94. The molecular formula is C14H19Br2NO. The standard InChI is InChI=1S/C14H19Br2NO/c1-3-13(4-2)17(10-9-15)14(18)11-5-7-12(16)8-6-11/h5-8,13H,3-4,9-10H2,1-2H3. The summed E-state index contributed by atoms with van der Waals surface area (Å²) in [6, 6.07) is 7.88. The SMILES string of the molecule is CCC(CC)N(CCBr)C(=O)c1ccc(Br)cc1. The van der Waals surface area contributed by atoms with Crippen LogP contribution in [-0.4, -0.2) is 28.7 Å². The van der Waals surface area contributed by atoms with Crippen molar-refractivity contribution in [3.63, 3.8) is 0 Å². The molecule has 0 aromatic heterocycles. The predicted molar refractivity (Wildman–Crippen MR) is 83.3 cm³/mol. The van der Waals surface area contributed by atoms with Gasteiger partial charge >= 0.3 is 0 Å². The topological polar surface area (TPSA) is 20.3 Å². The molecule has 0 radical (unpaired) electrons. The summed E-state index contributed by atoms with van der Waals surface area (Å²) < 4.78 is 0.994. The molecule has 0 heterocycles. The first-order chi connectivity index (χ1) is 8.63.